The Labute approximate surface area is 110 Å². The molecule has 0 fully saturated rings. The summed E-state index contributed by atoms with van der Waals surface area (Å²) in [5.74, 6) is 0. The van der Waals surface area contributed by atoms with Crippen LogP contribution < -0.4 is 5.32 Å². The lowest BCUT2D eigenvalue weighted by atomic mass is 9.93. The van der Waals surface area contributed by atoms with Crippen molar-refractivity contribution in [1.29, 1.82) is 0 Å². The average Bonchev–Trinajstić information content (AvgIpc) is 2.55. The molecule has 17 heavy (non-hydrogen) atoms. The van der Waals surface area contributed by atoms with E-state index in [1.54, 1.807) is 0 Å². The molecular weight excluding hydrogens is 228 g/mol. The third-order valence-electron chi connectivity index (χ3n) is 2.53. The van der Waals surface area contributed by atoms with Gasteiger partial charge in [-0.15, -0.1) is 11.3 Å². The fraction of sp³-hybridized carbons (Fsp3) is 0.786. The molecule has 0 saturated heterocycles. The number of nitrogens with zero attached hydrogens (tertiary/aromatic N) is 1. The van der Waals surface area contributed by atoms with E-state index >= 15 is 0 Å². The summed E-state index contributed by atoms with van der Waals surface area (Å²) in [7, 11) is 0. The largest absolute Gasteiger partial charge is 0.312 e. The van der Waals surface area contributed by atoms with Crippen LogP contribution in [0.5, 0.6) is 0 Å². The second kappa shape index (κ2) is 6.50. The molecule has 3 heteroatoms. The smallest absolute Gasteiger partial charge is 0.0936 e. The van der Waals surface area contributed by atoms with Crippen LogP contribution in [0.2, 0.25) is 0 Å². The van der Waals surface area contributed by atoms with E-state index in [0.29, 0.717) is 5.41 Å². The number of hydrogen-bond acceptors (Lipinski definition) is 3. The van der Waals surface area contributed by atoms with Crippen LogP contribution in [0.4, 0.5) is 0 Å². The molecule has 0 saturated carbocycles. The maximum Gasteiger partial charge on any atom is 0.0936 e. The normalized spacial score (nSPS) is 12.1. The molecule has 0 aliphatic heterocycles. The molecule has 0 aliphatic carbocycles. The van der Waals surface area contributed by atoms with Gasteiger partial charge in [-0.1, -0.05) is 41.0 Å². The maximum atomic E-state index is 4.82. The predicted octanol–water partition coefficient (Wildman–Crippen LogP) is 3.79. The molecular formula is C14H26N2S. The zero-order chi connectivity index (χ0) is 12.9. The number of thiazole rings is 1. The SMILES string of the molecule is CCCc1nc(CC(C)(C)C)sc1CNCC. The van der Waals surface area contributed by atoms with Crippen molar-refractivity contribution in [3.05, 3.63) is 15.6 Å². The van der Waals surface area contributed by atoms with Gasteiger partial charge in [-0.2, -0.15) is 0 Å². The van der Waals surface area contributed by atoms with Crippen molar-refractivity contribution < 1.29 is 0 Å². The van der Waals surface area contributed by atoms with Crippen molar-refractivity contribution >= 4 is 11.3 Å². The minimum absolute atomic E-state index is 0.330. The first-order valence-corrected chi connectivity index (χ1v) is 7.46. The Bertz CT molecular complexity index is 336. The highest BCUT2D eigenvalue weighted by Gasteiger charge is 2.16. The van der Waals surface area contributed by atoms with Crippen LogP contribution in [0.15, 0.2) is 0 Å². The molecule has 0 bridgehead atoms. The summed E-state index contributed by atoms with van der Waals surface area (Å²) in [5.41, 5.74) is 1.65. The van der Waals surface area contributed by atoms with Gasteiger partial charge < -0.3 is 5.32 Å². The van der Waals surface area contributed by atoms with Crippen molar-refractivity contribution in [2.75, 3.05) is 6.54 Å². The molecule has 2 nitrogen and oxygen atoms in total. The quantitative estimate of drug-likeness (QED) is 0.835. The van der Waals surface area contributed by atoms with E-state index in [4.69, 9.17) is 4.98 Å². The van der Waals surface area contributed by atoms with Crippen molar-refractivity contribution in [2.24, 2.45) is 5.41 Å². The maximum absolute atomic E-state index is 4.82. The molecule has 0 amide bonds. The van der Waals surface area contributed by atoms with Crippen LogP contribution in [-0.4, -0.2) is 11.5 Å². The van der Waals surface area contributed by atoms with Crippen molar-refractivity contribution in [3.8, 4) is 0 Å². The van der Waals surface area contributed by atoms with Gasteiger partial charge in [-0.3, -0.25) is 0 Å². The predicted molar refractivity (Wildman–Crippen MR) is 76.6 cm³/mol. The van der Waals surface area contributed by atoms with Crippen molar-refractivity contribution in [2.45, 2.75) is 60.4 Å². The van der Waals surface area contributed by atoms with E-state index < -0.39 is 0 Å². The summed E-state index contributed by atoms with van der Waals surface area (Å²) in [5, 5.41) is 4.71. The molecule has 0 aliphatic rings. The summed E-state index contributed by atoms with van der Waals surface area (Å²) >= 11 is 1.89. The average molecular weight is 254 g/mol. The van der Waals surface area contributed by atoms with Crippen LogP contribution in [0.25, 0.3) is 0 Å². The Balaban J connectivity index is 2.79. The highest BCUT2D eigenvalue weighted by molar-refractivity contribution is 7.11. The molecule has 1 rings (SSSR count). The number of aryl methyl sites for hydroxylation is 1. The summed E-state index contributed by atoms with van der Waals surface area (Å²) in [6.07, 6.45) is 3.37. The molecule has 0 aromatic carbocycles. The summed E-state index contributed by atoms with van der Waals surface area (Å²) in [6, 6.07) is 0. The van der Waals surface area contributed by atoms with E-state index in [-0.39, 0.29) is 0 Å². The molecule has 0 unspecified atom stereocenters. The molecule has 0 radical (unpaired) electrons. The number of nitrogens with one attached hydrogen (secondary N) is 1. The lowest BCUT2D eigenvalue weighted by Crippen LogP contribution is -2.11. The Morgan fingerprint density at radius 2 is 1.94 bits per heavy atom. The topological polar surface area (TPSA) is 24.9 Å². The molecule has 0 spiro atoms. The zero-order valence-electron chi connectivity index (χ0n) is 11.9. The second-order valence-electron chi connectivity index (χ2n) is 5.75. The monoisotopic (exact) mass is 254 g/mol. The second-order valence-corrected chi connectivity index (χ2v) is 6.91. The first-order valence-electron chi connectivity index (χ1n) is 6.64. The van der Waals surface area contributed by atoms with Gasteiger partial charge in [0.1, 0.15) is 0 Å². The highest BCUT2D eigenvalue weighted by Crippen LogP contribution is 2.27. The fourth-order valence-electron chi connectivity index (χ4n) is 1.77. The lowest BCUT2D eigenvalue weighted by molar-refractivity contribution is 0.410. The van der Waals surface area contributed by atoms with E-state index in [9.17, 15) is 0 Å². The van der Waals surface area contributed by atoms with Gasteiger partial charge in [0, 0.05) is 17.8 Å². The van der Waals surface area contributed by atoms with Gasteiger partial charge in [0.2, 0.25) is 0 Å². The van der Waals surface area contributed by atoms with Crippen LogP contribution in [0.3, 0.4) is 0 Å². The van der Waals surface area contributed by atoms with E-state index in [1.165, 1.54) is 22.0 Å². The standard InChI is InChI=1S/C14H26N2S/c1-6-8-11-12(10-15-7-2)17-13(16-11)9-14(3,4)5/h15H,6-10H2,1-5H3. The Hall–Kier alpha value is -0.410. The minimum Gasteiger partial charge on any atom is -0.312 e. The number of rotatable bonds is 6. The Morgan fingerprint density at radius 3 is 2.47 bits per heavy atom. The third kappa shape index (κ3) is 5.17. The van der Waals surface area contributed by atoms with Crippen LogP contribution >= 0.6 is 11.3 Å². The highest BCUT2D eigenvalue weighted by atomic mass is 32.1. The lowest BCUT2D eigenvalue weighted by Gasteiger charge is -2.15. The van der Waals surface area contributed by atoms with Gasteiger partial charge in [0.15, 0.2) is 0 Å². The van der Waals surface area contributed by atoms with Crippen molar-refractivity contribution in [1.82, 2.24) is 10.3 Å². The number of aromatic nitrogens is 1. The van der Waals surface area contributed by atoms with E-state index in [0.717, 1.165) is 25.9 Å². The Kier molecular flexibility index (Phi) is 5.60. The van der Waals surface area contributed by atoms with Crippen LogP contribution in [0.1, 0.15) is 56.6 Å². The molecule has 98 valence electrons. The first-order chi connectivity index (χ1) is 7.96. The van der Waals surface area contributed by atoms with E-state index in [1.807, 2.05) is 11.3 Å². The Morgan fingerprint density at radius 1 is 1.24 bits per heavy atom. The van der Waals surface area contributed by atoms with Gasteiger partial charge in [-0.25, -0.2) is 4.98 Å². The molecule has 1 aromatic rings. The molecule has 1 N–H and O–H groups in total. The minimum atomic E-state index is 0.330. The first kappa shape index (κ1) is 14.7. The van der Waals surface area contributed by atoms with Crippen molar-refractivity contribution in [3.63, 3.8) is 0 Å². The van der Waals surface area contributed by atoms with Gasteiger partial charge >= 0.3 is 0 Å². The van der Waals surface area contributed by atoms with Crippen LogP contribution in [0, 0.1) is 5.41 Å². The van der Waals surface area contributed by atoms with Gasteiger partial charge in [0.05, 0.1) is 10.7 Å². The summed E-state index contributed by atoms with van der Waals surface area (Å²) in [6.45, 7) is 13.2. The molecule has 1 heterocycles. The molecule has 0 atom stereocenters. The number of hydrogen-bond donors (Lipinski definition) is 1. The molecule has 1 aromatic heterocycles. The summed E-state index contributed by atoms with van der Waals surface area (Å²) in [4.78, 5) is 6.25. The zero-order valence-corrected chi connectivity index (χ0v) is 12.7. The fourth-order valence-corrected chi connectivity index (χ4v) is 3.16. The third-order valence-corrected chi connectivity index (χ3v) is 3.62. The van der Waals surface area contributed by atoms with Gasteiger partial charge in [-0.05, 0) is 18.4 Å². The van der Waals surface area contributed by atoms with E-state index in [2.05, 4.69) is 39.9 Å². The summed E-state index contributed by atoms with van der Waals surface area (Å²) < 4.78 is 0. The van der Waals surface area contributed by atoms with Gasteiger partial charge in [0.25, 0.3) is 0 Å². The van der Waals surface area contributed by atoms with Crippen LogP contribution in [-0.2, 0) is 19.4 Å².